The first kappa shape index (κ1) is 23.7. The molecular weight excluding hydrogens is 522 g/mol. The van der Waals surface area contributed by atoms with Gasteiger partial charge in [0.15, 0.2) is 17.7 Å². The van der Waals surface area contributed by atoms with Gasteiger partial charge in [-0.15, -0.1) is 0 Å². The van der Waals surface area contributed by atoms with Gasteiger partial charge in [-0.25, -0.2) is 26.9 Å². The van der Waals surface area contributed by atoms with Crippen LogP contribution >= 0.6 is 15.9 Å². The van der Waals surface area contributed by atoms with E-state index >= 15 is 4.39 Å². The minimum atomic E-state index is -3.85. The number of nitrogens with zero attached hydrogens (tertiary/aromatic N) is 3. The maximum Gasteiger partial charge on any atom is 0.232 e. The predicted octanol–water partition coefficient (Wildman–Crippen LogP) is 4.55. The van der Waals surface area contributed by atoms with Crippen molar-refractivity contribution in [1.29, 1.82) is 0 Å². The van der Waals surface area contributed by atoms with Crippen molar-refractivity contribution in [2.45, 2.75) is 38.8 Å². The number of pyridine rings is 1. The number of rotatable bonds is 7. The van der Waals surface area contributed by atoms with Crippen molar-refractivity contribution in [3.8, 4) is 0 Å². The molecule has 1 fully saturated rings. The van der Waals surface area contributed by atoms with Crippen molar-refractivity contribution in [3.63, 3.8) is 0 Å². The Bertz CT molecular complexity index is 1320. The number of carbonyl (C=O) groups is 1. The fraction of sp³-hybridized carbons (Fsp3) is 0.381. The number of benzene rings is 1. The van der Waals surface area contributed by atoms with Crippen LogP contribution < -0.4 is 4.72 Å². The number of carbonyl (C=O) groups excluding carboxylic acids is 1. The lowest BCUT2D eigenvalue weighted by atomic mass is 10.0. The number of sulfonamides is 1. The Hall–Kier alpha value is -2.44. The van der Waals surface area contributed by atoms with E-state index in [1.54, 1.807) is 13.0 Å². The van der Waals surface area contributed by atoms with Crippen molar-refractivity contribution < 1.29 is 26.7 Å². The molecule has 3 heterocycles. The van der Waals surface area contributed by atoms with Gasteiger partial charge in [0.25, 0.3) is 0 Å². The van der Waals surface area contributed by atoms with Crippen molar-refractivity contribution in [3.05, 3.63) is 51.8 Å². The van der Waals surface area contributed by atoms with Crippen LogP contribution in [0.5, 0.6) is 0 Å². The molecule has 1 unspecified atom stereocenters. The maximum atomic E-state index is 15.2. The highest BCUT2D eigenvalue weighted by atomic mass is 79.9. The number of ether oxygens (including phenoxy) is 1. The van der Waals surface area contributed by atoms with E-state index in [2.05, 4.69) is 30.7 Å². The van der Waals surface area contributed by atoms with E-state index in [0.717, 1.165) is 25.0 Å². The number of anilines is 1. The first-order valence-electron chi connectivity index (χ1n) is 10.4. The normalized spacial score (nSPS) is 16.8. The summed E-state index contributed by atoms with van der Waals surface area (Å²) in [5.41, 5.74) is -1.27. The lowest BCUT2D eigenvalue weighted by Crippen LogP contribution is -2.20. The fourth-order valence-electron chi connectivity index (χ4n) is 3.73. The molecule has 0 radical (unpaired) electrons. The Morgan fingerprint density at radius 3 is 2.82 bits per heavy atom. The zero-order valence-electron chi connectivity index (χ0n) is 17.6. The van der Waals surface area contributed by atoms with Crippen LogP contribution in [-0.2, 0) is 14.8 Å². The molecule has 0 bridgehead atoms. The molecule has 1 saturated heterocycles. The molecule has 8 nitrogen and oxygen atoms in total. The van der Waals surface area contributed by atoms with E-state index in [4.69, 9.17) is 4.74 Å². The van der Waals surface area contributed by atoms with Gasteiger partial charge < -0.3 is 4.74 Å². The van der Waals surface area contributed by atoms with Gasteiger partial charge in [-0.1, -0.05) is 6.92 Å². The van der Waals surface area contributed by atoms with Crippen molar-refractivity contribution in [2.75, 3.05) is 17.1 Å². The molecule has 0 saturated carbocycles. The summed E-state index contributed by atoms with van der Waals surface area (Å²) in [6.07, 6.45) is 3.82. The second-order valence-corrected chi connectivity index (χ2v) is 10.4. The van der Waals surface area contributed by atoms with Crippen LogP contribution in [0.15, 0.2) is 28.9 Å². The summed E-state index contributed by atoms with van der Waals surface area (Å²) in [6.45, 7) is 2.17. The predicted molar refractivity (Wildman–Crippen MR) is 122 cm³/mol. The first-order chi connectivity index (χ1) is 15.7. The monoisotopic (exact) mass is 542 g/mol. The molecule has 12 heteroatoms. The molecule has 0 amide bonds. The lowest BCUT2D eigenvalue weighted by molar-refractivity contribution is -0.0371. The molecular formula is C21H21BrF2N4O4S. The molecule has 1 atom stereocenters. The van der Waals surface area contributed by atoms with E-state index in [9.17, 15) is 17.6 Å². The van der Waals surface area contributed by atoms with E-state index in [0.29, 0.717) is 35.0 Å². The third kappa shape index (κ3) is 4.78. The zero-order valence-corrected chi connectivity index (χ0v) is 20.0. The van der Waals surface area contributed by atoms with Gasteiger partial charge >= 0.3 is 0 Å². The minimum Gasteiger partial charge on any atom is -0.356 e. The van der Waals surface area contributed by atoms with Crippen LogP contribution in [0.4, 0.5) is 14.5 Å². The Kier molecular flexibility index (Phi) is 6.78. The highest BCUT2D eigenvalue weighted by Crippen LogP contribution is 2.31. The summed E-state index contributed by atoms with van der Waals surface area (Å²) in [4.78, 5) is 17.7. The number of hydrogen-bond acceptors (Lipinski definition) is 6. The van der Waals surface area contributed by atoms with Gasteiger partial charge in [0, 0.05) is 17.3 Å². The molecule has 33 heavy (non-hydrogen) atoms. The summed E-state index contributed by atoms with van der Waals surface area (Å²) >= 11 is 3.30. The fourth-order valence-corrected chi connectivity index (χ4v) is 5.19. The summed E-state index contributed by atoms with van der Waals surface area (Å²) in [5, 5.41) is 4.62. The number of halogens is 3. The second kappa shape index (κ2) is 9.43. The molecule has 1 aliphatic rings. The van der Waals surface area contributed by atoms with Gasteiger partial charge in [-0.3, -0.25) is 9.52 Å². The SMILES string of the molecule is CCCS(=O)(=O)Nc1ccc(F)c(C(=O)c2nn(C3CCCCO3)c3ncc(Br)cc23)c1F. The quantitative estimate of drug-likeness (QED) is 0.439. The van der Waals surface area contributed by atoms with E-state index < -0.39 is 44.9 Å². The molecule has 1 aliphatic heterocycles. The van der Waals surface area contributed by atoms with E-state index in [-0.39, 0.29) is 11.4 Å². The van der Waals surface area contributed by atoms with Gasteiger partial charge in [-0.2, -0.15) is 5.10 Å². The second-order valence-electron chi connectivity index (χ2n) is 7.67. The van der Waals surface area contributed by atoms with Crippen LogP contribution in [0.2, 0.25) is 0 Å². The average Bonchev–Trinajstić information content (AvgIpc) is 3.15. The summed E-state index contributed by atoms with van der Waals surface area (Å²) < 4.78 is 63.9. The number of nitrogens with one attached hydrogen (secondary N) is 1. The number of ketones is 1. The molecule has 1 N–H and O–H groups in total. The number of aromatic nitrogens is 3. The van der Waals surface area contributed by atoms with Crippen LogP contribution in [0.3, 0.4) is 0 Å². The van der Waals surface area contributed by atoms with Crippen LogP contribution in [0.1, 0.15) is 54.9 Å². The third-order valence-corrected chi connectivity index (χ3v) is 7.12. The summed E-state index contributed by atoms with van der Waals surface area (Å²) in [7, 11) is -3.85. The van der Waals surface area contributed by atoms with Crippen LogP contribution in [0.25, 0.3) is 11.0 Å². The van der Waals surface area contributed by atoms with Crippen molar-refractivity contribution >= 4 is 48.5 Å². The number of hydrogen-bond donors (Lipinski definition) is 1. The summed E-state index contributed by atoms with van der Waals surface area (Å²) in [6, 6.07) is 3.38. The number of fused-ring (bicyclic) bond motifs is 1. The van der Waals surface area contributed by atoms with Crippen molar-refractivity contribution in [2.24, 2.45) is 0 Å². The summed E-state index contributed by atoms with van der Waals surface area (Å²) in [5.74, 6) is -3.71. The Morgan fingerprint density at radius 2 is 2.12 bits per heavy atom. The highest BCUT2D eigenvalue weighted by molar-refractivity contribution is 9.10. The Balaban J connectivity index is 1.82. The molecule has 1 aromatic carbocycles. The Labute approximate surface area is 197 Å². The zero-order chi connectivity index (χ0) is 23.8. The average molecular weight is 543 g/mol. The molecule has 3 aromatic rings. The maximum absolute atomic E-state index is 15.2. The van der Waals surface area contributed by atoms with E-state index in [1.165, 1.54) is 10.9 Å². The van der Waals surface area contributed by atoms with Gasteiger partial charge in [0.05, 0.1) is 22.4 Å². The van der Waals surface area contributed by atoms with Crippen molar-refractivity contribution in [1.82, 2.24) is 14.8 Å². The molecule has 0 spiro atoms. The minimum absolute atomic E-state index is 0.209. The van der Waals surface area contributed by atoms with Gasteiger partial charge in [-0.05, 0) is 59.8 Å². The standard InChI is InChI=1S/C21H21BrF2N4O4S/c1-2-9-33(30,31)27-15-7-6-14(23)17(18(15)24)20(29)19-13-10-12(22)11-25-21(13)28(26-19)16-5-3-4-8-32-16/h6-7,10-11,16,27H,2-5,8-9H2,1H3. The van der Waals surface area contributed by atoms with Crippen LogP contribution in [0, 0.1) is 11.6 Å². The van der Waals surface area contributed by atoms with Crippen LogP contribution in [-0.4, -0.2) is 41.3 Å². The Morgan fingerprint density at radius 1 is 1.33 bits per heavy atom. The molecule has 176 valence electrons. The van der Waals surface area contributed by atoms with E-state index in [1.807, 2.05) is 0 Å². The molecule has 2 aromatic heterocycles. The van der Waals surface area contributed by atoms with Gasteiger partial charge in [0.1, 0.15) is 11.5 Å². The molecule has 0 aliphatic carbocycles. The molecule has 4 rings (SSSR count). The largest absolute Gasteiger partial charge is 0.356 e. The lowest BCUT2D eigenvalue weighted by Gasteiger charge is -2.22. The smallest absolute Gasteiger partial charge is 0.232 e. The first-order valence-corrected chi connectivity index (χ1v) is 12.8. The third-order valence-electron chi connectivity index (χ3n) is 5.21. The van der Waals surface area contributed by atoms with Gasteiger partial charge in [0.2, 0.25) is 15.8 Å². The highest BCUT2D eigenvalue weighted by Gasteiger charge is 2.30. The topological polar surface area (TPSA) is 103 Å².